The zero-order valence-corrected chi connectivity index (χ0v) is 14.6. The summed E-state index contributed by atoms with van der Waals surface area (Å²) >= 11 is 3.64. The van der Waals surface area contributed by atoms with Crippen LogP contribution < -0.4 is 10.6 Å². The highest BCUT2D eigenvalue weighted by atomic mass is 79.9. The van der Waals surface area contributed by atoms with Crippen LogP contribution in [0.3, 0.4) is 0 Å². The zero-order valence-electron chi connectivity index (χ0n) is 13.0. The molecule has 2 aromatic carbocycles. The van der Waals surface area contributed by atoms with E-state index in [2.05, 4.69) is 43.9 Å². The van der Waals surface area contributed by atoms with Crippen LogP contribution in [0.5, 0.6) is 0 Å². The highest BCUT2D eigenvalue weighted by Gasteiger charge is 2.18. The van der Waals surface area contributed by atoms with E-state index in [-0.39, 0.29) is 5.82 Å². The lowest BCUT2D eigenvalue weighted by Gasteiger charge is -2.36. The molecule has 3 nitrogen and oxygen atoms in total. The average molecular weight is 378 g/mol. The molecular weight excluding hydrogens is 357 g/mol. The Morgan fingerprint density at radius 2 is 1.70 bits per heavy atom. The molecule has 3 rings (SSSR count). The van der Waals surface area contributed by atoms with Gasteiger partial charge in [0.25, 0.3) is 0 Å². The first-order chi connectivity index (χ1) is 11.2. The van der Waals surface area contributed by atoms with Crippen LogP contribution >= 0.6 is 15.9 Å². The summed E-state index contributed by atoms with van der Waals surface area (Å²) in [5.41, 5.74) is 9.20. The van der Waals surface area contributed by atoms with Crippen LogP contribution in [0, 0.1) is 5.82 Å². The second kappa shape index (κ2) is 7.43. The molecule has 5 heteroatoms. The largest absolute Gasteiger partial charge is 0.369 e. The van der Waals surface area contributed by atoms with Gasteiger partial charge in [0.2, 0.25) is 0 Å². The summed E-state index contributed by atoms with van der Waals surface area (Å²) in [5.74, 6) is -0.182. The maximum absolute atomic E-state index is 13.0. The van der Waals surface area contributed by atoms with Crippen molar-refractivity contribution in [3.8, 4) is 0 Å². The minimum absolute atomic E-state index is 0.182. The van der Waals surface area contributed by atoms with E-state index < -0.39 is 0 Å². The minimum Gasteiger partial charge on any atom is -0.369 e. The van der Waals surface area contributed by atoms with Gasteiger partial charge < -0.3 is 10.6 Å². The fourth-order valence-electron chi connectivity index (χ4n) is 2.90. The summed E-state index contributed by atoms with van der Waals surface area (Å²) in [6.07, 6.45) is 0. The molecule has 1 saturated heterocycles. The Labute approximate surface area is 145 Å². The van der Waals surface area contributed by atoms with Crippen LogP contribution in [0.1, 0.15) is 11.1 Å². The molecule has 122 valence electrons. The molecule has 0 spiro atoms. The minimum atomic E-state index is -0.182. The second-order valence-corrected chi connectivity index (χ2v) is 6.72. The monoisotopic (exact) mass is 377 g/mol. The fourth-order valence-corrected chi connectivity index (χ4v) is 3.45. The summed E-state index contributed by atoms with van der Waals surface area (Å²) in [7, 11) is 0. The lowest BCUT2D eigenvalue weighted by Crippen LogP contribution is -2.46. The lowest BCUT2D eigenvalue weighted by atomic mass is 10.1. The number of hydrogen-bond donors (Lipinski definition) is 1. The smallest absolute Gasteiger partial charge is 0.123 e. The molecule has 0 bridgehead atoms. The molecule has 1 fully saturated rings. The van der Waals surface area contributed by atoms with Crippen molar-refractivity contribution in [1.82, 2.24) is 4.90 Å². The predicted octanol–water partition coefficient (Wildman–Crippen LogP) is 3.37. The van der Waals surface area contributed by atoms with Crippen molar-refractivity contribution in [3.05, 3.63) is 63.9 Å². The van der Waals surface area contributed by atoms with Crippen molar-refractivity contribution in [3.63, 3.8) is 0 Å². The maximum Gasteiger partial charge on any atom is 0.123 e. The molecule has 1 aliphatic heterocycles. The van der Waals surface area contributed by atoms with Crippen LogP contribution in [0.4, 0.5) is 10.1 Å². The van der Waals surface area contributed by atoms with Gasteiger partial charge in [0, 0.05) is 49.4 Å². The molecular formula is C18H21BrFN3. The highest BCUT2D eigenvalue weighted by Crippen LogP contribution is 2.22. The normalized spacial score (nSPS) is 15.9. The number of hydrogen-bond acceptors (Lipinski definition) is 3. The Kier molecular flexibility index (Phi) is 5.30. The van der Waals surface area contributed by atoms with Gasteiger partial charge in [-0.2, -0.15) is 0 Å². The van der Waals surface area contributed by atoms with Gasteiger partial charge in [0.15, 0.2) is 0 Å². The summed E-state index contributed by atoms with van der Waals surface area (Å²) in [5, 5.41) is 0. The molecule has 0 atom stereocenters. The van der Waals surface area contributed by atoms with Gasteiger partial charge in [-0.3, -0.25) is 4.90 Å². The van der Waals surface area contributed by atoms with Crippen molar-refractivity contribution in [1.29, 1.82) is 0 Å². The molecule has 0 unspecified atom stereocenters. The van der Waals surface area contributed by atoms with Crippen LogP contribution in [0.15, 0.2) is 46.9 Å². The number of nitrogens with zero attached hydrogens (tertiary/aromatic N) is 2. The number of anilines is 1. The molecule has 1 aliphatic rings. The van der Waals surface area contributed by atoms with E-state index in [9.17, 15) is 4.39 Å². The molecule has 2 aromatic rings. The third-order valence-electron chi connectivity index (χ3n) is 4.31. The summed E-state index contributed by atoms with van der Waals surface area (Å²) in [4.78, 5) is 4.75. The van der Waals surface area contributed by atoms with E-state index in [4.69, 9.17) is 5.73 Å². The Balaban J connectivity index is 1.58. The Morgan fingerprint density at radius 3 is 2.30 bits per heavy atom. The molecule has 0 saturated carbocycles. The van der Waals surface area contributed by atoms with Crippen molar-refractivity contribution >= 4 is 21.6 Å². The first-order valence-electron chi connectivity index (χ1n) is 7.86. The van der Waals surface area contributed by atoms with Gasteiger partial charge in [0.05, 0.1) is 0 Å². The van der Waals surface area contributed by atoms with Gasteiger partial charge >= 0.3 is 0 Å². The Hall–Kier alpha value is -1.43. The standard InChI is InChI=1S/C18H21BrFN3/c19-18-11-14(12-21)1-2-15(18)13-22-7-9-23(10-8-22)17-5-3-16(20)4-6-17/h1-6,11H,7-10,12-13,21H2. The SMILES string of the molecule is NCc1ccc(CN2CCN(c3ccc(F)cc3)CC2)c(Br)c1. The van der Waals surface area contributed by atoms with E-state index in [1.165, 1.54) is 17.7 Å². The van der Waals surface area contributed by atoms with E-state index in [1.54, 1.807) is 0 Å². The van der Waals surface area contributed by atoms with Crippen LogP contribution in [0.2, 0.25) is 0 Å². The van der Waals surface area contributed by atoms with Crippen molar-refractivity contribution in [2.24, 2.45) is 5.73 Å². The second-order valence-electron chi connectivity index (χ2n) is 5.87. The van der Waals surface area contributed by atoms with E-state index in [0.29, 0.717) is 6.54 Å². The van der Waals surface area contributed by atoms with Gasteiger partial charge in [-0.15, -0.1) is 0 Å². The van der Waals surface area contributed by atoms with Crippen molar-refractivity contribution < 1.29 is 4.39 Å². The van der Waals surface area contributed by atoms with Gasteiger partial charge in [-0.1, -0.05) is 28.1 Å². The summed E-state index contributed by atoms with van der Waals surface area (Å²) in [6.45, 7) is 5.43. The summed E-state index contributed by atoms with van der Waals surface area (Å²) in [6, 6.07) is 13.1. The Bertz CT molecular complexity index is 652. The number of piperazine rings is 1. The van der Waals surface area contributed by atoms with E-state index in [1.807, 2.05) is 12.1 Å². The molecule has 0 aliphatic carbocycles. The van der Waals surface area contributed by atoms with Gasteiger partial charge in [-0.25, -0.2) is 4.39 Å². The lowest BCUT2D eigenvalue weighted by molar-refractivity contribution is 0.249. The molecule has 0 radical (unpaired) electrons. The predicted molar refractivity (Wildman–Crippen MR) is 95.9 cm³/mol. The molecule has 0 aromatic heterocycles. The van der Waals surface area contributed by atoms with Crippen LogP contribution in [0.25, 0.3) is 0 Å². The van der Waals surface area contributed by atoms with Crippen molar-refractivity contribution in [2.45, 2.75) is 13.1 Å². The molecule has 2 N–H and O–H groups in total. The number of nitrogens with two attached hydrogens (primary N) is 1. The van der Waals surface area contributed by atoms with Crippen LogP contribution in [-0.2, 0) is 13.1 Å². The van der Waals surface area contributed by atoms with Crippen LogP contribution in [-0.4, -0.2) is 31.1 Å². The molecule has 1 heterocycles. The van der Waals surface area contributed by atoms with E-state index in [0.717, 1.165) is 48.4 Å². The Morgan fingerprint density at radius 1 is 1.00 bits per heavy atom. The van der Waals surface area contributed by atoms with Gasteiger partial charge in [0.1, 0.15) is 5.82 Å². The average Bonchev–Trinajstić information content (AvgIpc) is 2.58. The quantitative estimate of drug-likeness (QED) is 0.886. The van der Waals surface area contributed by atoms with Gasteiger partial charge in [-0.05, 0) is 41.5 Å². The molecule has 23 heavy (non-hydrogen) atoms. The topological polar surface area (TPSA) is 32.5 Å². The third-order valence-corrected chi connectivity index (χ3v) is 5.05. The first kappa shape index (κ1) is 16.4. The number of halogens is 2. The first-order valence-corrected chi connectivity index (χ1v) is 8.65. The number of benzene rings is 2. The highest BCUT2D eigenvalue weighted by molar-refractivity contribution is 9.10. The summed E-state index contributed by atoms with van der Waals surface area (Å²) < 4.78 is 14.1. The van der Waals surface area contributed by atoms with Crippen molar-refractivity contribution in [2.75, 3.05) is 31.1 Å². The number of rotatable bonds is 4. The third kappa shape index (κ3) is 4.10. The zero-order chi connectivity index (χ0) is 16.2. The fraction of sp³-hybridized carbons (Fsp3) is 0.333. The maximum atomic E-state index is 13.0. The van der Waals surface area contributed by atoms with E-state index >= 15 is 0 Å². The molecule has 0 amide bonds.